The van der Waals surface area contributed by atoms with Crippen LogP contribution in [0.3, 0.4) is 0 Å². The van der Waals surface area contributed by atoms with E-state index in [-0.39, 0.29) is 11.7 Å². The number of aryl methyl sites for hydroxylation is 2. The normalized spacial score (nSPS) is 11.0. The summed E-state index contributed by atoms with van der Waals surface area (Å²) < 4.78 is 1.53. The van der Waals surface area contributed by atoms with E-state index in [0.717, 1.165) is 32.2 Å². The number of amides is 1. The summed E-state index contributed by atoms with van der Waals surface area (Å²) in [7, 11) is 1.74. The lowest BCUT2D eigenvalue weighted by Crippen LogP contribution is -2.15. The average molecular weight is 397 g/mol. The first-order valence-electron chi connectivity index (χ1n) is 8.08. The van der Waals surface area contributed by atoms with Gasteiger partial charge in [0.05, 0.1) is 5.75 Å². The minimum atomic E-state index is -0.108. The van der Waals surface area contributed by atoms with Crippen molar-refractivity contribution in [2.75, 3.05) is 11.1 Å². The van der Waals surface area contributed by atoms with Gasteiger partial charge in [0, 0.05) is 24.5 Å². The summed E-state index contributed by atoms with van der Waals surface area (Å²) in [6.45, 7) is 1.96. The van der Waals surface area contributed by atoms with Gasteiger partial charge >= 0.3 is 0 Å². The molecule has 4 rings (SSSR count). The lowest BCUT2D eigenvalue weighted by atomic mass is 10.1. The third-order valence-corrected chi connectivity index (χ3v) is 5.87. The Kier molecular flexibility index (Phi) is 4.82. The fraction of sp³-hybridized carbons (Fsp3) is 0.176. The number of benzene rings is 1. The first-order valence-corrected chi connectivity index (χ1v) is 9.88. The molecular weight excluding hydrogens is 382 g/mol. The maximum Gasteiger partial charge on any atom is 0.234 e. The lowest BCUT2D eigenvalue weighted by molar-refractivity contribution is -0.113. The number of tetrazole rings is 1. The molecule has 8 nitrogen and oxygen atoms in total. The van der Waals surface area contributed by atoms with E-state index >= 15 is 0 Å². The molecule has 0 bridgehead atoms. The van der Waals surface area contributed by atoms with Crippen LogP contribution in [0.25, 0.3) is 20.9 Å². The predicted octanol–water partition coefficient (Wildman–Crippen LogP) is 2.92. The minimum absolute atomic E-state index is 0.108. The van der Waals surface area contributed by atoms with Gasteiger partial charge < -0.3 is 5.32 Å². The van der Waals surface area contributed by atoms with Crippen LogP contribution in [0.5, 0.6) is 0 Å². The monoisotopic (exact) mass is 397 g/mol. The molecule has 0 saturated carbocycles. The predicted molar refractivity (Wildman–Crippen MR) is 106 cm³/mol. The van der Waals surface area contributed by atoms with Crippen molar-refractivity contribution in [1.29, 1.82) is 0 Å². The highest BCUT2D eigenvalue weighted by molar-refractivity contribution is 7.99. The van der Waals surface area contributed by atoms with E-state index in [0.29, 0.717) is 5.16 Å². The molecule has 0 radical (unpaired) electrons. The van der Waals surface area contributed by atoms with E-state index in [1.54, 1.807) is 24.6 Å². The number of anilines is 1. The Morgan fingerprint density at radius 2 is 2.22 bits per heavy atom. The standard InChI is InChI=1S/C17H15N7OS2/c1-10-8-11(15-20-13-4-3-7-18-16(13)27-15)5-6-12(10)19-14(25)9-26-17-21-22-23-24(17)2/h3-8H,9H2,1-2H3,(H,19,25). The fourth-order valence-electron chi connectivity index (χ4n) is 2.49. The molecule has 0 saturated heterocycles. The van der Waals surface area contributed by atoms with Gasteiger partial charge in [-0.05, 0) is 53.2 Å². The number of carbonyl (C=O) groups is 1. The van der Waals surface area contributed by atoms with E-state index in [1.807, 2.05) is 37.3 Å². The van der Waals surface area contributed by atoms with Gasteiger partial charge in [-0.3, -0.25) is 4.79 Å². The number of nitrogens with one attached hydrogen (secondary N) is 1. The van der Waals surface area contributed by atoms with Crippen LogP contribution in [0, 0.1) is 6.92 Å². The molecule has 0 spiro atoms. The van der Waals surface area contributed by atoms with Crippen LogP contribution < -0.4 is 5.32 Å². The highest BCUT2D eigenvalue weighted by Crippen LogP contribution is 2.31. The number of hydrogen-bond donors (Lipinski definition) is 1. The Hall–Kier alpha value is -2.85. The van der Waals surface area contributed by atoms with Crippen LogP contribution in [0.1, 0.15) is 5.56 Å². The summed E-state index contributed by atoms with van der Waals surface area (Å²) in [5.41, 5.74) is 3.65. The molecule has 27 heavy (non-hydrogen) atoms. The molecule has 0 unspecified atom stereocenters. The number of fused-ring (bicyclic) bond motifs is 1. The van der Waals surface area contributed by atoms with Gasteiger partial charge in [0.15, 0.2) is 0 Å². The van der Waals surface area contributed by atoms with E-state index in [4.69, 9.17) is 0 Å². The van der Waals surface area contributed by atoms with Crippen molar-refractivity contribution in [2.45, 2.75) is 12.1 Å². The Labute approximate surface area is 163 Å². The average Bonchev–Trinajstić information content (AvgIpc) is 3.27. The fourth-order valence-corrected chi connectivity index (χ4v) is 4.04. The first kappa shape index (κ1) is 17.6. The van der Waals surface area contributed by atoms with Gasteiger partial charge in [0.1, 0.15) is 15.4 Å². The first-order chi connectivity index (χ1) is 13.1. The van der Waals surface area contributed by atoms with Crippen molar-refractivity contribution < 1.29 is 4.79 Å². The molecule has 0 atom stereocenters. The molecule has 10 heteroatoms. The van der Waals surface area contributed by atoms with E-state index < -0.39 is 0 Å². The number of carbonyl (C=O) groups excluding carboxylic acids is 1. The zero-order valence-electron chi connectivity index (χ0n) is 14.6. The van der Waals surface area contributed by atoms with Gasteiger partial charge in [0.25, 0.3) is 0 Å². The van der Waals surface area contributed by atoms with Crippen LogP contribution in [-0.4, -0.2) is 41.8 Å². The summed E-state index contributed by atoms with van der Waals surface area (Å²) in [5.74, 6) is 0.127. The van der Waals surface area contributed by atoms with Crippen molar-refractivity contribution in [3.05, 3.63) is 42.1 Å². The Morgan fingerprint density at radius 1 is 1.33 bits per heavy atom. The maximum absolute atomic E-state index is 12.2. The van der Waals surface area contributed by atoms with Crippen molar-refractivity contribution in [3.8, 4) is 10.6 Å². The second-order valence-electron chi connectivity index (χ2n) is 5.80. The van der Waals surface area contributed by atoms with Crippen LogP contribution >= 0.6 is 23.1 Å². The number of hydrogen-bond acceptors (Lipinski definition) is 8. The molecule has 1 N–H and O–H groups in total. The van der Waals surface area contributed by atoms with Crippen molar-refractivity contribution >= 4 is 45.0 Å². The number of aromatic nitrogens is 6. The molecule has 1 amide bonds. The van der Waals surface area contributed by atoms with E-state index in [2.05, 4.69) is 30.8 Å². The molecule has 0 aliphatic carbocycles. The van der Waals surface area contributed by atoms with Crippen LogP contribution in [-0.2, 0) is 11.8 Å². The highest BCUT2D eigenvalue weighted by Gasteiger charge is 2.11. The van der Waals surface area contributed by atoms with Crippen molar-refractivity contribution in [3.63, 3.8) is 0 Å². The zero-order valence-corrected chi connectivity index (χ0v) is 16.2. The zero-order chi connectivity index (χ0) is 18.8. The summed E-state index contributed by atoms with van der Waals surface area (Å²) in [6, 6.07) is 9.71. The molecule has 1 aromatic carbocycles. The third-order valence-electron chi connectivity index (χ3n) is 3.83. The van der Waals surface area contributed by atoms with Crippen LogP contribution in [0.4, 0.5) is 5.69 Å². The molecule has 0 fully saturated rings. The second kappa shape index (κ2) is 7.41. The molecule has 3 aromatic heterocycles. The topological polar surface area (TPSA) is 98.5 Å². The van der Waals surface area contributed by atoms with Gasteiger partial charge in [-0.2, -0.15) is 0 Å². The number of thioether (sulfide) groups is 1. The second-order valence-corrected chi connectivity index (χ2v) is 7.72. The van der Waals surface area contributed by atoms with Crippen molar-refractivity contribution in [1.82, 2.24) is 30.2 Å². The quantitative estimate of drug-likeness (QED) is 0.517. The Bertz CT molecular complexity index is 1090. The number of rotatable bonds is 5. The maximum atomic E-state index is 12.2. The largest absolute Gasteiger partial charge is 0.325 e. The molecule has 0 aliphatic heterocycles. The van der Waals surface area contributed by atoms with E-state index in [9.17, 15) is 4.79 Å². The summed E-state index contributed by atoms with van der Waals surface area (Å²) in [6.07, 6.45) is 1.77. The van der Waals surface area contributed by atoms with Crippen LogP contribution in [0.2, 0.25) is 0 Å². The number of nitrogens with zero attached hydrogens (tertiary/aromatic N) is 6. The van der Waals surface area contributed by atoms with E-state index in [1.165, 1.54) is 16.4 Å². The Morgan fingerprint density at radius 3 is 2.96 bits per heavy atom. The summed E-state index contributed by atoms with van der Waals surface area (Å²) >= 11 is 2.84. The third kappa shape index (κ3) is 3.81. The Balaban J connectivity index is 1.46. The smallest absolute Gasteiger partial charge is 0.234 e. The molecule has 4 aromatic rings. The molecule has 0 aliphatic rings. The van der Waals surface area contributed by atoms with Gasteiger partial charge in [-0.25, -0.2) is 14.6 Å². The number of pyridine rings is 1. The van der Waals surface area contributed by atoms with Gasteiger partial charge in [0.2, 0.25) is 11.1 Å². The van der Waals surface area contributed by atoms with Crippen molar-refractivity contribution in [2.24, 2.45) is 7.05 Å². The lowest BCUT2D eigenvalue weighted by Gasteiger charge is -2.09. The van der Waals surface area contributed by atoms with Crippen LogP contribution in [0.15, 0.2) is 41.7 Å². The minimum Gasteiger partial charge on any atom is -0.325 e. The summed E-state index contributed by atoms with van der Waals surface area (Å²) in [5, 5.41) is 15.6. The molecule has 3 heterocycles. The summed E-state index contributed by atoms with van der Waals surface area (Å²) in [4.78, 5) is 22.1. The molecule has 136 valence electrons. The van der Waals surface area contributed by atoms with Gasteiger partial charge in [-0.1, -0.05) is 23.1 Å². The number of thiazole rings is 1. The molecular formula is C17H15N7OS2. The highest BCUT2D eigenvalue weighted by atomic mass is 32.2. The SMILES string of the molecule is Cc1cc(-c2nc3cccnc3s2)ccc1NC(=O)CSc1nnnn1C. The van der Waals surface area contributed by atoms with Gasteiger partial charge in [-0.15, -0.1) is 5.10 Å².